The van der Waals surface area contributed by atoms with Crippen LogP contribution in [0.3, 0.4) is 0 Å². The average molecular weight is 326 g/mol. The van der Waals surface area contributed by atoms with Crippen molar-refractivity contribution in [2.45, 2.75) is 39.5 Å². The molecule has 1 fully saturated rings. The van der Waals surface area contributed by atoms with Crippen LogP contribution in [0.4, 0.5) is 0 Å². The molecule has 0 amide bonds. The zero-order chi connectivity index (χ0) is 15.2. The predicted octanol–water partition coefficient (Wildman–Crippen LogP) is 0.864. The number of sulfonamides is 2. The summed E-state index contributed by atoms with van der Waals surface area (Å²) in [6.45, 7) is 5.17. The Balaban J connectivity index is 2.68. The third-order valence-corrected chi connectivity index (χ3v) is 7.45. The third-order valence-electron chi connectivity index (χ3n) is 3.42. The molecule has 1 saturated heterocycles. The Morgan fingerprint density at radius 2 is 1.25 bits per heavy atom. The van der Waals surface area contributed by atoms with Crippen molar-refractivity contribution >= 4 is 20.0 Å². The monoisotopic (exact) mass is 326 g/mol. The van der Waals surface area contributed by atoms with Crippen molar-refractivity contribution in [1.29, 1.82) is 0 Å². The van der Waals surface area contributed by atoms with Crippen LogP contribution in [0.5, 0.6) is 0 Å². The summed E-state index contributed by atoms with van der Waals surface area (Å²) >= 11 is 0. The van der Waals surface area contributed by atoms with Gasteiger partial charge in [0.2, 0.25) is 20.0 Å². The highest BCUT2D eigenvalue weighted by molar-refractivity contribution is 7.89. The van der Waals surface area contributed by atoms with Crippen molar-refractivity contribution in [3.8, 4) is 0 Å². The molecule has 8 heteroatoms. The maximum Gasteiger partial charge on any atom is 0.214 e. The second-order valence-corrected chi connectivity index (χ2v) is 9.31. The SMILES string of the molecule is CCCCS(=O)(=O)N1CCCN(S(=O)(=O)CCC)CC1. The Kier molecular flexibility index (Phi) is 6.90. The first-order valence-corrected chi connectivity index (χ1v) is 10.5. The summed E-state index contributed by atoms with van der Waals surface area (Å²) in [6, 6.07) is 0. The molecule has 0 aromatic carbocycles. The molecule has 0 aliphatic carbocycles. The Hall–Kier alpha value is -0.180. The predicted molar refractivity (Wildman–Crippen MR) is 80.5 cm³/mol. The van der Waals surface area contributed by atoms with Gasteiger partial charge in [-0.2, -0.15) is 0 Å². The quantitative estimate of drug-likeness (QED) is 0.695. The molecule has 6 nitrogen and oxygen atoms in total. The van der Waals surface area contributed by atoms with E-state index in [2.05, 4.69) is 0 Å². The maximum atomic E-state index is 12.1. The lowest BCUT2D eigenvalue weighted by Gasteiger charge is -2.21. The molecule has 0 spiro atoms. The van der Waals surface area contributed by atoms with E-state index >= 15 is 0 Å². The van der Waals surface area contributed by atoms with Crippen LogP contribution in [-0.2, 0) is 20.0 Å². The third kappa shape index (κ3) is 4.98. The fraction of sp³-hybridized carbons (Fsp3) is 1.00. The van der Waals surface area contributed by atoms with E-state index in [9.17, 15) is 16.8 Å². The van der Waals surface area contributed by atoms with Crippen molar-refractivity contribution in [3.63, 3.8) is 0 Å². The first kappa shape index (κ1) is 17.9. The lowest BCUT2D eigenvalue weighted by atomic mass is 10.4. The van der Waals surface area contributed by atoms with Gasteiger partial charge >= 0.3 is 0 Å². The molecule has 1 aliphatic heterocycles. The van der Waals surface area contributed by atoms with Crippen LogP contribution in [-0.4, -0.2) is 63.1 Å². The number of hydrogen-bond acceptors (Lipinski definition) is 4. The molecular formula is C12H26N2O4S2. The van der Waals surface area contributed by atoms with E-state index in [4.69, 9.17) is 0 Å². The van der Waals surface area contributed by atoms with Gasteiger partial charge in [0.1, 0.15) is 0 Å². The average Bonchev–Trinajstić information content (AvgIpc) is 2.63. The van der Waals surface area contributed by atoms with E-state index in [1.54, 1.807) is 0 Å². The van der Waals surface area contributed by atoms with Crippen LogP contribution in [0.15, 0.2) is 0 Å². The normalized spacial score (nSPS) is 19.9. The van der Waals surface area contributed by atoms with Gasteiger partial charge in [0.05, 0.1) is 11.5 Å². The fourth-order valence-corrected chi connectivity index (χ4v) is 5.49. The van der Waals surface area contributed by atoms with Gasteiger partial charge in [0.15, 0.2) is 0 Å². The molecule has 1 heterocycles. The summed E-state index contributed by atoms with van der Waals surface area (Å²) in [7, 11) is -6.47. The van der Waals surface area contributed by atoms with E-state index in [0.29, 0.717) is 32.4 Å². The van der Waals surface area contributed by atoms with Gasteiger partial charge < -0.3 is 0 Å². The number of nitrogens with zero attached hydrogens (tertiary/aromatic N) is 2. The first-order chi connectivity index (χ1) is 9.33. The molecule has 0 N–H and O–H groups in total. The van der Waals surface area contributed by atoms with Crippen LogP contribution < -0.4 is 0 Å². The minimum absolute atomic E-state index is 0.135. The number of hydrogen-bond donors (Lipinski definition) is 0. The number of rotatable bonds is 7. The van der Waals surface area contributed by atoms with Gasteiger partial charge in [-0.1, -0.05) is 20.3 Å². The van der Waals surface area contributed by atoms with Crippen LogP contribution in [0.25, 0.3) is 0 Å². The second-order valence-electron chi connectivity index (χ2n) is 5.14. The summed E-state index contributed by atoms with van der Waals surface area (Å²) in [5, 5.41) is 0. The van der Waals surface area contributed by atoms with Crippen LogP contribution >= 0.6 is 0 Å². The standard InChI is InChI=1S/C12H26N2O4S2/c1-3-5-12-20(17,18)14-8-6-7-13(9-10-14)19(15,16)11-4-2/h3-12H2,1-2H3. The van der Waals surface area contributed by atoms with Gasteiger partial charge in [-0.25, -0.2) is 25.4 Å². The topological polar surface area (TPSA) is 74.8 Å². The van der Waals surface area contributed by atoms with Crippen molar-refractivity contribution in [2.75, 3.05) is 37.7 Å². The van der Waals surface area contributed by atoms with E-state index in [0.717, 1.165) is 6.42 Å². The largest absolute Gasteiger partial charge is 0.214 e. The lowest BCUT2D eigenvalue weighted by Crippen LogP contribution is -2.38. The molecule has 20 heavy (non-hydrogen) atoms. The Morgan fingerprint density at radius 3 is 1.70 bits per heavy atom. The second kappa shape index (κ2) is 7.72. The molecule has 0 bridgehead atoms. The highest BCUT2D eigenvalue weighted by Gasteiger charge is 2.28. The molecule has 0 aromatic rings. The Bertz CT molecular complexity index is 488. The van der Waals surface area contributed by atoms with Gasteiger partial charge in [-0.05, 0) is 19.3 Å². The van der Waals surface area contributed by atoms with Crippen molar-refractivity contribution in [3.05, 3.63) is 0 Å². The number of unbranched alkanes of at least 4 members (excludes halogenated alkanes) is 1. The van der Waals surface area contributed by atoms with Crippen molar-refractivity contribution in [2.24, 2.45) is 0 Å². The summed E-state index contributed by atoms with van der Waals surface area (Å²) in [4.78, 5) is 0. The molecule has 0 aromatic heterocycles. The molecule has 0 unspecified atom stereocenters. The first-order valence-electron chi connectivity index (χ1n) is 7.29. The van der Waals surface area contributed by atoms with Crippen LogP contribution in [0.2, 0.25) is 0 Å². The summed E-state index contributed by atoms with van der Waals surface area (Å²) in [5.41, 5.74) is 0. The minimum atomic E-state index is -3.24. The zero-order valence-electron chi connectivity index (χ0n) is 12.4. The summed E-state index contributed by atoms with van der Waals surface area (Å²) in [5.74, 6) is 0.292. The lowest BCUT2D eigenvalue weighted by molar-refractivity contribution is 0.404. The van der Waals surface area contributed by atoms with Gasteiger partial charge in [-0.3, -0.25) is 0 Å². The molecule has 1 rings (SSSR count). The van der Waals surface area contributed by atoms with Crippen molar-refractivity contribution in [1.82, 2.24) is 8.61 Å². The van der Waals surface area contributed by atoms with E-state index in [1.165, 1.54) is 8.61 Å². The van der Waals surface area contributed by atoms with Gasteiger partial charge in [-0.15, -0.1) is 0 Å². The Labute approximate surface area is 123 Å². The highest BCUT2D eigenvalue weighted by Crippen LogP contribution is 2.13. The van der Waals surface area contributed by atoms with Crippen molar-refractivity contribution < 1.29 is 16.8 Å². The van der Waals surface area contributed by atoms with Crippen LogP contribution in [0, 0.1) is 0 Å². The highest BCUT2D eigenvalue weighted by atomic mass is 32.2. The van der Waals surface area contributed by atoms with Gasteiger partial charge in [0.25, 0.3) is 0 Å². The summed E-state index contributed by atoms with van der Waals surface area (Å²) < 4.78 is 51.2. The molecule has 0 atom stereocenters. The molecule has 1 aliphatic rings. The van der Waals surface area contributed by atoms with E-state index < -0.39 is 20.0 Å². The van der Waals surface area contributed by atoms with Gasteiger partial charge in [0, 0.05) is 26.2 Å². The minimum Gasteiger partial charge on any atom is -0.212 e. The van der Waals surface area contributed by atoms with E-state index in [1.807, 2.05) is 13.8 Å². The molecule has 0 saturated carbocycles. The molecular weight excluding hydrogens is 300 g/mol. The summed E-state index contributed by atoms with van der Waals surface area (Å²) in [6.07, 6.45) is 2.63. The smallest absolute Gasteiger partial charge is 0.212 e. The maximum absolute atomic E-state index is 12.1. The Morgan fingerprint density at radius 1 is 0.750 bits per heavy atom. The fourth-order valence-electron chi connectivity index (χ4n) is 2.27. The molecule has 0 radical (unpaired) electrons. The molecule has 120 valence electrons. The van der Waals surface area contributed by atoms with Crippen LogP contribution in [0.1, 0.15) is 39.5 Å². The van der Waals surface area contributed by atoms with E-state index in [-0.39, 0.29) is 24.6 Å². The zero-order valence-corrected chi connectivity index (χ0v) is 14.0.